The third-order valence-corrected chi connectivity index (χ3v) is 2.73. The molecule has 3 aromatic heterocycles. The number of hydrogen-bond donors (Lipinski definition) is 1. The van der Waals surface area contributed by atoms with Crippen LogP contribution >= 0.6 is 0 Å². The lowest BCUT2D eigenvalue weighted by Crippen LogP contribution is -1.98. The molecule has 0 radical (unpaired) electrons. The van der Waals surface area contributed by atoms with Crippen molar-refractivity contribution in [2.45, 2.75) is 6.92 Å². The van der Waals surface area contributed by atoms with E-state index in [2.05, 4.69) is 25.3 Å². The molecule has 0 saturated carbocycles. The Labute approximate surface area is 116 Å². The van der Waals surface area contributed by atoms with Crippen LogP contribution in [-0.4, -0.2) is 19.9 Å². The van der Waals surface area contributed by atoms with Crippen LogP contribution in [0.2, 0.25) is 0 Å². The highest BCUT2D eigenvalue weighted by Crippen LogP contribution is 2.17. The first-order chi connectivity index (χ1) is 9.81. The first-order valence-electron chi connectivity index (χ1n) is 6.24. The standard InChI is InChI=1S/C15H13N5/c1-11-5-6-12(18-8-11)13-9-16-10-15(19-13)20-14-4-2-3-7-17-14/h2-10H,1H3,(H,17,19,20). The number of rotatable bonds is 3. The van der Waals surface area contributed by atoms with Crippen molar-refractivity contribution in [1.29, 1.82) is 0 Å². The average molecular weight is 263 g/mol. The van der Waals surface area contributed by atoms with Gasteiger partial charge in [-0.25, -0.2) is 9.97 Å². The third-order valence-electron chi connectivity index (χ3n) is 2.73. The van der Waals surface area contributed by atoms with Crippen LogP contribution in [0.1, 0.15) is 5.56 Å². The second-order valence-corrected chi connectivity index (χ2v) is 4.35. The van der Waals surface area contributed by atoms with Crippen LogP contribution in [0.4, 0.5) is 11.6 Å². The number of nitrogens with zero attached hydrogens (tertiary/aromatic N) is 4. The molecule has 0 fully saturated rings. The van der Waals surface area contributed by atoms with Crippen molar-refractivity contribution >= 4 is 11.6 Å². The van der Waals surface area contributed by atoms with Crippen molar-refractivity contribution in [3.63, 3.8) is 0 Å². The number of pyridine rings is 2. The van der Waals surface area contributed by atoms with E-state index in [9.17, 15) is 0 Å². The van der Waals surface area contributed by atoms with Gasteiger partial charge in [-0.05, 0) is 30.7 Å². The van der Waals surface area contributed by atoms with Gasteiger partial charge in [0.1, 0.15) is 11.5 Å². The van der Waals surface area contributed by atoms with Gasteiger partial charge in [-0.1, -0.05) is 12.1 Å². The summed E-state index contributed by atoms with van der Waals surface area (Å²) >= 11 is 0. The summed E-state index contributed by atoms with van der Waals surface area (Å²) in [6, 6.07) is 9.59. The fourth-order valence-corrected chi connectivity index (χ4v) is 1.74. The maximum absolute atomic E-state index is 4.49. The molecule has 0 atom stereocenters. The van der Waals surface area contributed by atoms with Crippen LogP contribution in [0.3, 0.4) is 0 Å². The van der Waals surface area contributed by atoms with Gasteiger partial charge in [0.25, 0.3) is 0 Å². The second-order valence-electron chi connectivity index (χ2n) is 4.35. The monoisotopic (exact) mass is 263 g/mol. The van der Waals surface area contributed by atoms with Gasteiger partial charge in [0, 0.05) is 12.4 Å². The maximum Gasteiger partial charge on any atom is 0.150 e. The topological polar surface area (TPSA) is 63.6 Å². The normalized spacial score (nSPS) is 10.2. The summed E-state index contributed by atoms with van der Waals surface area (Å²) < 4.78 is 0. The van der Waals surface area contributed by atoms with Gasteiger partial charge in [-0.3, -0.25) is 9.97 Å². The molecule has 0 unspecified atom stereocenters. The molecule has 98 valence electrons. The van der Waals surface area contributed by atoms with E-state index in [1.54, 1.807) is 18.6 Å². The number of anilines is 2. The Bertz CT molecular complexity index is 695. The summed E-state index contributed by atoms with van der Waals surface area (Å²) in [5.74, 6) is 1.37. The zero-order valence-electron chi connectivity index (χ0n) is 11.0. The molecule has 0 aliphatic carbocycles. The molecule has 0 aromatic carbocycles. The number of hydrogen-bond acceptors (Lipinski definition) is 5. The molecule has 0 saturated heterocycles. The minimum atomic E-state index is 0.642. The Morgan fingerprint density at radius 1 is 0.850 bits per heavy atom. The lowest BCUT2D eigenvalue weighted by molar-refractivity contribution is 1.16. The molecular formula is C15H13N5. The Morgan fingerprint density at radius 2 is 1.80 bits per heavy atom. The van der Waals surface area contributed by atoms with Gasteiger partial charge in [0.15, 0.2) is 5.82 Å². The van der Waals surface area contributed by atoms with E-state index >= 15 is 0 Å². The number of aromatic nitrogens is 4. The van der Waals surface area contributed by atoms with Crippen LogP contribution in [-0.2, 0) is 0 Å². The van der Waals surface area contributed by atoms with E-state index < -0.39 is 0 Å². The fraction of sp³-hybridized carbons (Fsp3) is 0.0667. The van der Waals surface area contributed by atoms with Crippen LogP contribution in [0.5, 0.6) is 0 Å². The van der Waals surface area contributed by atoms with Crippen molar-refractivity contribution in [1.82, 2.24) is 19.9 Å². The number of aryl methyl sites for hydroxylation is 1. The van der Waals surface area contributed by atoms with Crippen molar-refractivity contribution in [3.8, 4) is 11.4 Å². The van der Waals surface area contributed by atoms with Gasteiger partial charge < -0.3 is 5.32 Å². The molecule has 5 heteroatoms. The molecule has 0 bridgehead atoms. The summed E-state index contributed by atoms with van der Waals surface area (Å²) in [4.78, 5) is 17.2. The van der Waals surface area contributed by atoms with Crippen molar-refractivity contribution < 1.29 is 0 Å². The molecule has 1 N–H and O–H groups in total. The molecular weight excluding hydrogens is 250 g/mol. The molecule has 5 nitrogen and oxygen atoms in total. The van der Waals surface area contributed by atoms with Crippen LogP contribution in [0, 0.1) is 6.92 Å². The first kappa shape index (κ1) is 12.2. The second kappa shape index (κ2) is 5.44. The highest BCUT2D eigenvalue weighted by atomic mass is 15.1. The maximum atomic E-state index is 4.49. The highest BCUT2D eigenvalue weighted by Gasteiger charge is 2.03. The molecule has 3 aromatic rings. The van der Waals surface area contributed by atoms with E-state index in [4.69, 9.17) is 0 Å². The summed E-state index contributed by atoms with van der Waals surface area (Å²) in [5, 5.41) is 3.11. The average Bonchev–Trinajstić information content (AvgIpc) is 2.49. The van der Waals surface area contributed by atoms with Crippen molar-refractivity contribution in [2.75, 3.05) is 5.32 Å². The Balaban J connectivity index is 1.88. The lowest BCUT2D eigenvalue weighted by Gasteiger charge is -2.06. The summed E-state index contributed by atoms with van der Waals surface area (Å²) in [7, 11) is 0. The molecule has 20 heavy (non-hydrogen) atoms. The molecule has 0 aliphatic heterocycles. The SMILES string of the molecule is Cc1ccc(-c2cncc(Nc3ccccn3)n2)nc1. The van der Waals surface area contributed by atoms with Crippen molar-refractivity contribution in [3.05, 3.63) is 60.7 Å². The molecule has 3 rings (SSSR count). The van der Waals surface area contributed by atoms with Gasteiger partial charge in [-0.15, -0.1) is 0 Å². The Hall–Kier alpha value is -2.82. The van der Waals surface area contributed by atoms with Crippen LogP contribution in [0.25, 0.3) is 11.4 Å². The van der Waals surface area contributed by atoms with Gasteiger partial charge >= 0.3 is 0 Å². The Morgan fingerprint density at radius 3 is 2.55 bits per heavy atom. The van der Waals surface area contributed by atoms with E-state index in [0.29, 0.717) is 5.82 Å². The van der Waals surface area contributed by atoms with E-state index in [0.717, 1.165) is 22.8 Å². The van der Waals surface area contributed by atoms with E-state index in [1.807, 2.05) is 43.5 Å². The van der Waals surface area contributed by atoms with Gasteiger partial charge in [0.2, 0.25) is 0 Å². The van der Waals surface area contributed by atoms with Gasteiger partial charge in [0.05, 0.1) is 18.1 Å². The van der Waals surface area contributed by atoms with E-state index in [-0.39, 0.29) is 0 Å². The zero-order valence-corrected chi connectivity index (χ0v) is 11.0. The Kier molecular flexibility index (Phi) is 3.33. The van der Waals surface area contributed by atoms with Crippen LogP contribution in [0.15, 0.2) is 55.1 Å². The number of nitrogens with one attached hydrogen (secondary N) is 1. The fourth-order valence-electron chi connectivity index (χ4n) is 1.74. The predicted octanol–water partition coefficient (Wildman–Crippen LogP) is 2.99. The smallest absolute Gasteiger partial charge is 0.150 e. The minimum absolute atomic E-state index is 0.642. The van der Waals surface area contributed by atoms with Crippen molar-refractivity contribution in [2.24, 2.45) is 0 Å². The minimum Gasteiger partial charge on any atom is -0.324 e. The van der Waals surface area contributed by atoms with Gasteiger partial charge in [-0.2, -0.15) is 0 Å². The molecule has 0 aliphatic rings. The molecule has 3 heterocycles. The summed E-state index contributed by atoms with van der Waals surface area (Å²) in [5.41, 5.74) is 2.64. The predicted molar refractivity (Wildman–Crippen MR) is 77.5 cm³/mol. The summed E-state index contributed by atoms with van der Waals surface area (Å²) in [6.45, 7) is 2.00. The lowest BCUT2D eigenvalue weighted by atomic mass is 10.2. The van der Waals surface area contributed by atoms with E-state index in [1.165, 1.54) is 0 Å². The quantitative estimate of drug-likeness (QED) is 0.787. The largest absolute Gasteiger partial charge is 0.324 e. The summed E-state index contributed by atoms with van der Waals surface area (Å²) in [6.07, 6.45) is 6.89. The third kappa shape index (κ3) is 2.77. The molecule has 0 spiro atoms. The highest BCUT2D eigenvalue weighted by molar-refractivity contribution is 5.58. The van der Waals surface area contributed by atoms with Crippen LogP contribution < -0.4 is 5.32 Å². The zero-order chi connectivity index (χ0) is 13.8. The molecule has 0 amide bonds. The first-order valence-corrected chi connectivity index (χ1v) is 6.24.